The first-order valence-electron chi connectivity index (χ1n) is 13.7. The Balaban J connectivity index is 1.67. The predicted molar refractivity (Wildman–Crippen MR) is 147 cm³/mol. The molecule has 4 aliphatic heterocycles. The highest BCUT2D eigenvalue weighted by Gasteiger charge is 2.60. The van der Waals surface area contributed by atoms with Crippen LogP contribution in [0.15, 0.2) is 6.07 Å². The first-order chi connectivity index (χ1) is 20.0. The van der Waals surface area contributed by atoms with Gasteiger partial charge in [0.05, 0.1) is 36.9 Å². The summed E-state index contributed by atoms with van der Waals surface area (Å²) in [5.41, 5.74) is 3.08. The lowest BCUT2D eigenvalue weighted by molar-refractivity contribution is -0.132. The Labute approximate surface area is 242 Å². The van der Waals surface area contributed by atoms with E-state index in [0.717, 1.165) is 11.1 Å². The van der Waals surface area contributed by atoms with E-state index in [0.29, 0.717) is 40.4 Å². The highest BCUT2D eigenvalue weighted by Crippen LogP contribution is 2.58. The number of fused-ring (bicyclic) bond motifs is 9. The molecule has 0 spiro atoms. The number of nitrogens with one attached hydrogen (secondary N) is 1. The van der Waals surface area contributed by atoms with Crippen LogP contribution in [-0.4, -0.2) is 78.2 Å². The Morgan fingerprint density at radius 2 is 1.88 bits per heavy atom. The van der Waals surface area contributed by atoms with Crippen molar-refractivity contribution in [3.8, 4) is 34.8 Å². The molecule has 1 amide bonds. The third-order valence-corrected chi connectivity index (χ3v) is 8.93. The quantitative estimate of drug-likeness (QED) is 0.407. The number of carbonyl (C=O) groups is 3. The monoisotopic (exact) mass is 576 g/mol. The normalized spacial score (nSPS) is 25.5. The van der Waals surface area contributed by atoms with Crippen molar-refractivity contribution in [1.29, 1.82) is 5.26 Å². The Morgan fingerprint density at radius 1 is 1.17 bits per heavy atom. The Morgan fingerprint density at radius 3 is 2.52 bits per heavy atom. The minimum atomic E-state index is -0.992. The standard InChI is InChI=1S/C30H32N4O8/c1-12-7-16-8-17-18(9-31)34-19(10-32-14(3)35)21-22(28(42-15(4)36)13(2)29-30(21)41-11-40-29)25(37)24(34)23(33(17)5)20(16)26(38)27(12)39-6/h7,17-19,23-24,38H,8,10-11H2,1-6H3,(H,32,35)/t17-,18+,19+,23-,24+/m1/s1. The van der Waals surface area contributed by atoms with Gasteiger partial charge in [-0.1, -0.05) is 6.07 Å². The van der Waals surface area contributed by atoms with Gasteiger partial charge in [0.25, 0.3) is 0 Å². The fourth-order valence-corrected chi connectivity index (χ4v) is 7.33. The number of rotatable bonds is 4. The molecule has 0 unspecified atom stereocenters. The van der Waals surface area contributed by atoms with Gasteiger partial charge in [-0.15, -0.1) is 0 Å². The smallest absolute Gasteiger partial charge is 0.308 e. The SMILES string of the molecule is COc1c(C)cc2c(c1O)[C@@H]1[C@H]3C(=O)c4c(OC(C)=O)c(C)c5c(c4[C@H](CNC(C)=O)N3[C@@H](C#N)[C@@H](C2)N1C)OCO5. The van der Waals surface area contributed by atoms with E-state index < -0.39 is 35.9 Å². The number of nitriles is 1. The molecule has 5 atom stereocenters. The zero-order chi connectivity index (χ0) is 30.2. The molecule has 1 fully saturated rings. The molecule has 4 aliphatic rings. The number of ether oxygens (including phenoxy) is 4. The summed E-state index contributed by atoms with van der Waals surface area (Å²) in [5.74, 6) is -0.341. The van der Waals surface area contributed by atoms with Crippen molar-refractivity contribution in [1.82, 2.24) is 15.1 Å². The lowest BCUT2D eigenvalue weighted by atomic mass is 9.71. The van der Waals surface area contributed by atoms with Gasteiger partial charge in [0.1, 0.15) is 11.8 Å². The van der Waals surface area contributed by atoms with Crippen LogP contribution in [0.4, 0.5) is 0 Å². The number of Topliss-reactive ketones (excluding diaryl/α,β-unsaturated/α-hetero) is 1. The molecule has 0 aliphatic carbocycles. The lowest BCUT2D eigenvalue weighted by Gasteiger charge is -2.59. The number of piperazine rings is 1. The fraction of sp³-hybridized carbons (Fsp3) is 0.467. The number of nitrogens with zero attached hydrogens (tertiary/aromatic N) is 3. The predicted octanol–water partition coefficient (Wildman–Crippen LogP) is 2.22. The number of phenols is 1. The van der Waals surface area contributed by atoms with Crippen molar-refractivity contribution in [2.75, 3.05) is 27.5 Å². The van der Waals surface area contributed by atoms with Crippen LogP contribution in [0.2, 0.25) is 0 Å². The van der Waals surface area contributed by atoms with E-state index in [4.69, 9.17) is 18.9 Å². The molecule has 12 heteroatoms. The van der Waals surface area contributed by atoms with Gasteiger partial charge in [0.2, 0.25) is 12.7 Å². The molecule has 0 aromatic heterocycles. The van der Waals surface area contributed by atoms with E-state index in [1.54, 1.807) is 6.92 Å². The maximum atomic E-state index is 14.9. The summed E-state index contributed by atoms with van der Waals surface area (Å²) in [6.07, 6.45) is 0.445. The molecular formula is C30H32N4O8. The number of phenolic OH excluding ortho intramolecular Hbond substituents is 1. The van der Waals surface area contributed by atoms with Gasteiger partial charge in [-0.25, -0.2) is 0 Å². The third-order valence-electron chi connectivity index (χ3n) is 8.93. The number of carbonyl (C=O) groups excluding carboxylic acids is 3. The van der Waals surface area contributed by atoms with Gasteiger partial charge < -0.3 is 29.4 Å². The summed E-state index contributed by atoms with van der Waals surface area (Å²) in [6.45, 7) is 6.10. The van der Waals surface area contributed by atoms with Gasteiger partial charge in [-0.2, -0.15) is 5.26 Å². The van der Waals surface area contributed by atoms with Crippen molar-refractivity contribution in [3.05, 3.63) is 39.4 Å². The van der Waals surface area contributed by atoms with E-state index in [2.05, 4.69) is 11.4 Å². The number of ketones is 1. The minimum absolute atomic E-state index is 0.0435. The number of amides is 1. The maximum Gasteiger partial charge on any atom is 0.308 e. The third kappa shape index (κ3) is 3.77. The van der Waals surface area contributed by atoms with Crippen molar-refractivity contribution >= 4 is 17.7 Å². The molecule has 2 aromatic rings. The van der Waals surface area contributed by atoms with Crippen molar-refractivity contribution in [3.63, 3.8) is 0 Å². The molecule has 2 N–H and O–H groups in total. The molecule has 42 heavy (non-hydrogen) atoms. The van der Waals surface area contributed by atoms with Gasteiger partial charge in [0.15, 0.2) is 28.8 Å². The molecular weight excluding hydrogens is 544 g/mol. The average Bonchev–Trinajstić information content (AvgIpc) is 3.41. The highest BCUT2D eigenvalue weighted by molar-refractivity contribution is 6.08. The van der Waals surface area contributed by atoms with E-state index in [1.807, 2.05) is 29.8 Å². The highest BCUT2D eigenvalue weighted by atomic mass is 16.7. The molecule has 6 rings (SSSR count). The summed E-state index contributed by atoms with van der Waals surface area (Å²) < 4.78 is 22.9. The van der Waals surface area contributed by atoms with Crippen LogP contribution in [-0.2, 0) is 16.0 Å². The number of hydrogen-bond acceptors (Lipinski definition) is 11. The molecule has 0 radical (unpaired) electrons. The van der Waals surface area contributed by atoms with Crippen LogP contribution in [0, 0.1) is 25.2 Å². The molecule has 2 bridgehead atoms. The summed E-state index contributed by atoms with van der Waals surface area (Å²) >= 11 is 0. The number of aryl methyl sites for hydroxylation is 1. The molecule has 4 heterocycles. The molecule has 2 aromatic carbocycles. The molecule has 0 saturated carbocycles. The van der Waals surface area contributed by atoms with Crippen LogP contribution in [0.3, 0.4) is 0 Å². The van der Waals surface area contributed by atoms with Crippen molar-refractivity contribution < 1.29 is 38.4 Å². The van der Waals surface area contributed by atoms with E-state index in [9.17, 15) is 24.8 Å². The number of methoxy groups -OCH3 is 1. The van der Waals surface area contributed by atoms with E-state index in [1.165, 1.54) is 21.0 Å². The molecule has 1 saturated heterocycles. The second-order valence-electron chi connectivity index (χ2n) is 11.2. The van der Waals surface area contributed by atoms with Crippen LogP contribution in [0.25, 0.3) is 0 Å². The molecule has 220 valence electrons. The van der Waals surface area contributed by atoms with Gasteiger partial charge in [-0.05, 0) is 38.4 Å². The maximum absolute atomic E-state index is 14.9. The summed E-state index contributed by atoms with van der Waals surface area (Å²) in [6, 6.07) is 0.860. The Hall–Kier alpha value is -4.34. The van der Waals surface area contributed by atoms with Crippen molar-refractivity contribution in [2.45, 2.75) is 64.3 Å². The zero-order valence-corrected chi connectivity index (χ0v) is 24.2. The Bertz CT molecular complexity index is 1600. The first kappa shape index (κ1) is 27.8. The fourth-order valence-electron chi connectivity index (χ4n) is 7.33. The Kier molecular flexibility index (Phi) is 6.55. The second-order valence-corrected chi connectivity index (χ2v) is 11.2. The van der Waals surface area contributed by atoms with Gasteiger partial charge >= 0.3 is 5.97 Å². The van der Waals surface area contributed by atoms with E-state index >= 15 is 0 Å². The van der Waals surface area contributed by atoms with Crippen molar-refractivity contribution in [2.24, 2.45) is 0 Å². The van der Waals surface area contributed by atoms with Crippen LogP contribution >= 0.6 is 0 Å². The number of esters is 1. The number of hydrogen-bond donors (Lipinski definition) is 2. The summed E-state index contributed by atoms with van der Waals surface area (Å²) in [5, 5.41) is 25.0. The summed E-state index contributed by atoms with van der Waals surface area (Å²) in [7, 11) is 3.32. The van der Waals surface area contributed by atoms with Crippen LogP contribution in [0.5, 0.6) is 28.7 Å². The zero-order valence-electron chi connectivity index (χ0n) is 24.2. The topological polar surface area (TPSA) is 151 Å². The first-order valence-corrected chi connectivity index (χ1v) is 13.7. The number of benzene rings is 2. The van der Waals surface area contributed by atoms with Crippen LogP contribution in [0.1, 0.15) is 64.1 Å². The summed E-state index contributed by atoms with van der Waals surface area (Å²) in [4.78, 5) is 43.2. The van der Waals surface area contributed by atoms with Crippen LogP contribution < -0.4 is 24.3 Å². The number of aromatic hydroxyl groups is 1. The minimum Gasteiger partial charge on any atom is -0.504 e. The molecule has 12 nitrogen and oxygen atoms in total. The lowest BCUT2D eigenvalue weighted by Crippen LogP contribution is -2.70. The number of likely N-dealkylation sites (N-methyl/N-ethyl adjacent to an activating group) is 1. The largest absolute Gasteiger partial charge is 0.504 e. The van der Waals surface area contributed by atoms with E-state index in [-0.39, 0.29) is 42.3 Å². The second kappa shape index (κ2) is 9.89. The van der Waals surface area contributed by atoms with Gasteiger partial charge in [-0.3, -0.25) is 24.2 Å². The van der Waals surface area contributed by atoms with Gasteiger partial charge in [0, 0.05) is 43.1 Å². The average molecular weight is 577 g/mol.